The van der Waals surface area contributed by atoms with Crippen molar-refractivity contribution in [3.8, 4) is 12.1 Å². The molecule has 1 aliphatic rings. The number of rotatable bonds is 2. The second-order valence-electron chi connectivity index (χ2n) is 5.49. The fraction of sp³-hybridized carbons (Fsp3) is 0.222. The number of carbonyl (C=O) groups is 1. The van der Waals surface area contributed by atoms with E-state index in [0.717, 1.165) is 5.82 Å². The van der Waals surface area contributed by atoms with Crippen LogP contribution in [-0.2, 0) is 0 Å². The highest BCUT2D eigenvalue weighted by molar-refractivity contribution is 5.94. The van der Waals surface area contributed by atoms with Crippen LogP contribution in [0.3, 0.4) is 0 Å². The lowest BCUT2D eigenvalue weighted by molar-refractivity contribution is 0.0746. The van der Waals surface area contributed by atoms with Gasteiger partial charge < -0.3 is 9.80 Å². The Labute approximate surface area is 140 Å². The monoisotopic (exact) mass is 317 g/mol. The van der Waals surface area contributed by atoms with Crippen LogP contribution in [0.4, 0.5) is 5.82 Å². The highest BCUT2D eigenvalue weighted by atomic mass is 16.2. The predicted octanol–water partition coefficient (Wildman–Crippen LogP) is 1.79. The first kappa shape index (κ1) is 15.5. The number of aromatic nitrogens is 1. The van der Waals surface area contributed by atoms with E-state index < -0.39 is 0 Å². The summed E-state index contributed by atoms with van der Waals surface area (Å²) in [5, 5.41) is 17.8. The first-order valence-corrected chi connectivity index (χ1v) is 7.62. The van der Waals surface area contributed by atoms with Crippen molar-refractivity contribution < 1.29 is 4.79 Å². The number of hydrogen-bond donors (Lipinski definition) is 0. The van der Waals surface area contributed by atoms with E-state index in [2.05, 4.69) is 16.0 Å². The SMILES string of the molecule is N#Cc1ccc(N2CCN(C(=O)c3cccc(C#N)c3)CC2)nc1. The Kier molecular flexibility index (Phi) is 4.40. The Balaban J connectivity index is 1.65. The van der Waals surface area contributed by atoms with Gasteiger partial charge in [-0.25, -0.2) is 4.98 Å². The number of pyridine rings is 1. The Hall–Kier alpha value is -3.38. The average Bonchev–Trinajstić information content (AvgIpc) is 2.67. The lowest BCUT2D eigenvalue weighted by atomic mass is 10.1. The van der Waals surface area contributed by atoms with Crippen molar-refractivity contribution >= 4 is 11.7 Å². The summed E-state index contributed by atoms with van der Waals surface area (Å²) < 4.78 is 0. The number of piperazine rings is 1. The second-order valence-corrected chi connectivity index (χ2v) is 5.49. The van der Waals surface area contributed by atoms with Crippen LogP contribution in [0.1, 0.15) is 21.5 Å². The molecule has 2 heterocycles. The van der Waals surface area contributed by atoms with Crippen molar-refractivity contribution in [2.24, 2.45) is 0 Å². The molecule has 0 saturated carbocycles. The summed E-state index contributed by atoms with van der Waals surface area (Å²) in [4.78, 5) is 20.7. The molecule has 0 spiro atoms. The molecular weight excluding hydrogens is 302 g/mol. The summed E-state index contributed by atoms with van der Waals surface area (Å²) in [5.41, 5.74) is 1.56. The summed E-state index contributed by atoms with van der Waals surface area (Å²) in [5.74, 6) is 0.757. The number of benzene rings is 1. The average molecular weight is 317 g/mol. The summed E-state index contributed by atoms with van der Waals surface area (Å²) in [7, 11) is 0. The lowest BCUT2D eigenvalue weighted by Gasteiger charge is -2.35. The number of hydrogen-bond acceptors (Lipinski definition) is 5. The minimum atomic E-state index is -0.0560. The molecule has 0 bridgehead atoms. The largest absolute Gasteiger partial charge is 0.353 e. The van der Waals surface area contributed by atoms with Gasteiger partial charge in [-0.05, 0) is 30.3 Å². The van der Waals surface area contributed by atoms with E-state index in [-0.39, 0.29) is 5.91 Å². The molecule has 2 aromatic rings. The Bertz CT molecular complexity index is 824. The van der Waals surface area contributed by atoms with Gasteiger partial charge in [-0.2, -0.15) is 10.5 Å². The van der Waals surface area contributed by atoms with Crippen molar-refractivity contribution in [2.45, 2.75) is 0 Å². The minimum Gasteiger partial charge on any atom is -0.353 e. The Morgan fingerprint density at radius 3 is 2.38 bits per heavy atom. The van der Waals surface area contributed by atoms with Gasteiger partial charge in [-0.3, -0.25) is 4.79 Å². The molecule has 24 heavy (non-hydrogen) atoms. The van der Waals surface area contributed by atoms with Gasteiger partial charge in [-0.1, -0.05) is 6.07 Å². The fourth-order valence-electron chi connectivity index (χ4n) is 2.68. The van der Waals surface area contributed by atoms with E-state index in [0.29, 0.717) is 42.9 Å². The molecule has 0 aliphatic carbocycles. The molecule has 1 aromatic carbocycles. The van der Waals surface area contributed by atoms with Crippen molar-refractivity contribution in [3.05, 3.63) is 59.3 Å². The van der Waals surface area contributed by atoms with Gasteiger partial charge in [0.05, 0.1) is 17.2 Å². The van der Waals surface area contributed by atoms with E-state index in [1.54, 1.807) is 41.4 Å². The molecule has 6 heteroatoms. The lowest BCUT2D eigenvalue weighted by Crippen LogP contribution is -2.49. The van der Waals surface area contributed by atoms with Gasteiger partial charge in [-0.15, -0.1) is 0 Å². The van der Waals surface area contributed by atoms with Crippen LogP contribution in [0, 0.1) is 22.7 Å². The molecule has 118 valence electrons. The quantitative estimate of drug-likeness (QED) is 0.843. The predicted molar refractivity (Wildman–Crippen MR) is 88.2 cm³/mol. The maximum atomic E-state index is 12.5. The highest BCUT2D eigenvalue weighted by Gasteiger charge is 2.23. The number of nitrogens with zero attached hydrogens (tertiary/aromatic N) is 5. The molecule has 1 fully saturated rings. The van der Waals surface area contributed by atoms with Crippen molar-refractivity contribution in [2.75, 3.05) is 31.1 Å². The first-order valence-electron chi connectivity index (χ1n) is 7.62. The maximum Gasteiger partial charge on any atom is 0.254 e. The summed E-state index contributed by atoms with van der Waals surface area (Å²) in [6, 6.07) is 14.4. The standard InChI is InChI=1S/C18H15N5O/c19-11-14-2-1-3-16(10-14)18(24)23-8-6-22(7-9-23)17-5-4-15(12-20)13-21-17/h1-5,10,13H,6-9H2. The molecule has 1 saturated heterocycles. The van der Waals surface area contributed by atoms with Crippen LogP contribution in [0.5, 0.6) is 0 Å². The van der Waals surface area contributed by atoms with Crippen LogP contribution in [-0.4, -0.2) is 42.0 Å². The summed E-state index contributed by atoms with van der Waals surface area (Å²) >= 11 is 0. The number of carbonyl (C=O) groups excluding carboxylic acids is 1. The van der Waals surface area contributed by atoms with Gasteiger partial charge in [0.1, 0.15) is 11.9 Å². The van der Waals surface area contributed by atoms with Gasteiger partial charge in [0.2, 0.25) is 0 Å². The zero-order valence-electron chi connectivity index (χ0n) is 13.0. The van der Waals surface area contributed by atoms with Crippen molar-refractivity contribution in [1.82, 2.24) is 9.88 Å². The first-order chi connectivity index (χ1) is 11.7. The van der Waals surface area contributed by atoms with E-state index in [1.165, 1.54) is 0 Å². The molecule has 0 N–H and O–H groups in total. The number of anilines is 1. The van der Waals surface area contributed by atoms with E-state index in [4.69, 9.17) is 10.5 Å². The molecule has 3 rings (SSSR count). The van der Waals surface area contributed by atoms with Crippen molar-refractivity contribution in [3.63, 3.8) is 0 Å². The summed E-state index contributed by atoms with van der Waals surface area (Å²) in [6.45, 7) is 2.56. The Morgan fingerprint density at radius 1 is 1.00 bits per heavy atom. The van der Waals surface area contributed by atoms with Gasteiger partial charge in [0.25, 0.3) is 5.91 Å². The van der Waals surface area contributed by atoms with Gasteiger partial charge in [0, 0.05) is 37.9 Å². The molecule has 1 aliphatic heterocycles. The normalized spacial score (nSPS) is 13.9. The maximum absolute atomic E-state index is 12.5. The molecule has 0 radical (unpaired) electrons. The topological polar surface area (TPSA) is 84.0 Å². The summed E-state index contributed by atoms with van der Waals surface area (Å²) in [6.07, 6.45) is 1.56. The number of amides is 1. The third kappa shape index (κ3) is 3.18. The van der Waals surface area contributed by atoms with E-state index >= 15 is 0 Å². The molecule has 1 amide bonds. The zero-order chi connectivity index (χ0) is 16.9. The van der Waals surface area contributed by atoms with Crippen LogP contribution >= 0.6 is 0 Å². The van der Waals surface area contributed by atoms with Crippen LogP contribution in [0.2, 0.25) is 0 Å². The highest BCUT2D eigenvalue weighted by Crippen LogP contribution is 2.16. The van der Waals surface area contributed by atoms with Crippen LogP contribution in [0.15, 0.2) is 42.6 Å². The fourth-order valence-corrected chi connectivity index (χ4v) is 2.68. The molecule has 0 unspecified atom stereocenters. The van der Waals surface area contributed by atoms with Gasteiger partial charge in [0.15, 0.2) is 0 Å². The molecule has 0 atom stereocenters. The van der Waals surface area contributed by atoms with Crippen molar-refractivity contribution in [1.29, 1.82) is 10.5 Å². The second kappa shape index (κ2) is 6.80. The van der Waals surface area contributed by atoms with Crippen LogP contribution in [0.25, 0.3) is 0 Å². The molecule has 1 aromatic heterocycles. The smallest absolute Gasteiger partial charge is 0.254 e. The molecule has 6 nitrogen and oxygen atoms in total. The van der Waals surface area contributed by atoms with Gasteiger partial charge >= 0.3 is 0 Å². The van der Waals surface area contributed by atoms with Crippen LogP contribution < -0.4 is 4.90 Å². The zero-order valence-corrected chi connectivity index (χ0v) is 13.0. The Morgan fingerprint density at radius 2 is 1.75 bits per heavy atom. The van der Waals surface area contributed by atoms with E-state index in [1.807, 2.05) is 12.1 Å². The molecular formula is C18H15N5O. The minimum absolute atomic E-state index is 0.0560. The number of nitriles is 2. The third-order valence-corrected chi connectivity index (χ3v) is 4.01. The third-order valence-electron chi connectivity index (χ3n) is 4.01. The van der Waals surface area contributed by atoms with E-state index in [9.17, 15) is 4.79 Å².